The Labute approximate surface area is 44.7 Å². The zero-order chi connectivity index (χ0) is 5.11. The van der Waals surface area contributed by atoms with Crippen LogP contribution >= 0.6 is 0 Å². The molecule has 1 nitrogen and oxygen atoms in total. The SMILES string of the molecule is C[C+]1CCOCC1. The van der Waals surface area contributed by atoms with Gasteiger partial charge in [-0.2, -0.15) is 0 Å². The van der Waals surface area contributed by atoms with Gasteiger partial charge in [-0.15, -0.1) is 0 Å². The second-order valence-electron chi connectivity index (χ2n) is 2.07. The molecule has 0 aromatic carbocycles. The van der Waals surface area contributed by atoms with Crippen LogP contribution in [0.2, 0.25) is 0 Å². The van der Waals surface area contributed by atoms with Crippen molar-refractivity contribution >= 4 is 0 Å². The Hall–Kier alpha value is -0.170. The average molecular weight is 99.2 g/mol. The Kier molecular flexibility index (Phi) is 1.58. The minimum absolute atomic E-state index is 0.950. The maximum Gasteiger partial charge on any atom is 0.113 e. The van der Waals surface area contributed by atoms with E-state index in [1.165, 1.54) is 12.8 Å². The van der Waals surface area contributed by atoms with Crippen LogP contribution in [0.1, 0.15) is 19.8 Å². The lowest BCUT2D eigenvalue weighted by molar-refractivity contribution is 0.107. The molecule has 0 amide bonds. The third kappa shape index (κ3) is 1.39. The predicted octanol–water partition coefficient (Wildman–Crippen LogP) is 1.39. The summed E-state index contributed by atoms with van der Waals surface area (Å²) in [7, 11) is 0. The molecule has 1 heteroatoms. The molecule has 0 aromatic rings. The van der Waals surface area contributed by atoms with Gasteiger partial charge in [0, 0.05) is 0 Å². The first kappa shape index (κ1) is 4.98. The molecule has 0 saturated carbocycles. The molecule has 1 heterocycles. The topological polar surface area (TPSA) is 9.23 Å². The number of hydrogen-bond acceptors (Lipinski definition) is 1. The van der Waals surface area contributed by atoms with Crippen molar-refractivity contribution in [3.63, 3.8) is 0 Å². The van der Waals surface area contributed by atoms with Crippen LogP contribution in [0.25, 0.3) is 0 Å². The number of rotatable bonds is 0. The maximum atomic E-state index is 5.12. The summed E-state index contributed by atoms with van der Waals surface area (Å²) in [5, 5.41) is 0. The van der Waals surface area contributed by atoms with Crippen LogP contribution in [-0.2, 0) is 4.74 Å². The summed E-state index contributed by atoms with van der Waals surface area (Å²) >= 11 is 0. The summed E-state index contributed by atoms with van der Waals surface area (Å²) in [6.45, 7) is 4.10. The summed E-state index contributed by atoms with van der Waals surface area (Å²) < 4.78 is 5.12. The summed E-state index contributed by atoms with van der Waals surface area (Å²) in [6.07, 6.45) is 2.36. The third-order valence-electron chi connectivity index (χ3n) is 1.35. The highest BCUT2D eigenvalue weighted by Crippen LogP contribution is 2.14. The van der Waals surface area contributed by atoms with Crippen molar-refractivity contribution in [2.24, 2.45) is 0 Å². The van der Waals surface area contributed by atoms with Gasteiger partial charge in [0.05, 0.1) is 26.1 Å². The van der Waals surface area contributed by atoms with Gasteiger partial charge in [0.1, 0.15) is 12.8 Å². The first-order chi connectivity index (χ1) is 3.39. The third-order valence-corrected chi connectivity index (χ3v) is 1.35. The Morgan fingerprint density at radius 2 is 1.86 bits per heavy atom. The van der Waals surface area contributed by atoms with Crippen molar-refractivity contribution in [2.75, 3.05) is 13.2 Å². The molecule has 1 aliphatic rings. The molecule has 0 radical (unpaired) electrons. The van der Waals surface area contributed by atoms with Crippen LogP contribution in [0.15, 0.2) is 0 Å². The largest absolute Gasteiger partial charge is 0.373 e. The van der Waals surface area contributed by atoms with Gasteiger partial charge in [-0.05, 0) is 0 Å². The summed E-state index contributed by atoms with van der Waals surface area (Å²) in [5.41, 5.74) is 0. The van der Waals surface area contributed by atoms with E-state index in [2.05, 4.69) is 6.92 Å². The van der Waals surface area contributed by atoms with Crippen molar-refractivity contribution in [2.45, 2.75) is 19.8 Å². The molecule has 1 rings (SSSR count). The first-order valence-corrected chi connectivity index (χ1v) is 2.78. The fraction of sp³-hybridized carbons (Fsp3) is 0.833. The standard InChI is InChI=1S/C6H11O/c1-6-2-4-7-5-3-6/h2-5H2,1H3/q+1. The predicted molar refractivity (Wildman–Crippen MR) is 29.0 cm³/mol. The van der Waals surface area contributed by atoms with Gasteiger partial charge in [-0.1, -0.05) is 0 Å². The molecular weight excluding hydrogens is 88.1 g/mol. The molecule has 0 aliphatic carbocycles. The minimum atomic E-state index is 0.950. The lowest BCUT2D eigenvalue weighted by Gasteiger charge is -2.07. The summed E-state index contributed by atoms with van der Waals surface area (Å²) in [5.74, 6) is 1.59. The lowest BCUT2D eigenvalue weighted by atomic mass is 10.0. The molecule has 7 heavy (non-hydrogen) atoms. The van der Waals surface area contributed by atoms with Crippen LogP contribution < -0.4 is 0 Å². The lowest BCUT2D eigenvalue weighted by Crippen LogP contribution is -2.10. The van der Waals surface area contributed by atoms with Gasteiger partial charge in [0.2, 0.25) is 0 Å². The van der Waals surface area contributed by atoms with Crippen molar-refractivity contribution in [3.8, 4) is 0 Å². The minimum Gasteiger partial charge on any atom is -0.373 e. The molecule has 1 fully saturated rings. The molecule has 0 bridgehead atoms. The van der Waals surface area contributed by atoms with Crippen LogP contribution in [0.3, 0.4) is 0 Å². The highest BCUT2D eigenvalue weighted by atomic mass is 16.5. The van der Waals surface area contributed by atoms with Gasteiger partial charge >= 0.3 is 0 Å². The van der Waals surface area contributed by atoms with Gasteiger partial charge < -0.3 is 4.74 Å². The van der Waals surface area contributed by atoms with Crippen LogP contribution in [0.5, 0.6) is 0 Å². The van der Waals surface area contributed by atoms with E-state index in [9.17, 15) is 0 Å². The molecule has 0 spiro atoms. The van der Waals surface area contributed by atoms with Crippen molar-refractivity contribution < 1.29 is 4.74 Å². The van der Waals surface area contributed by atoms with Crippen molar-refractivity contribution in [1.29, 1.82) is 0 Å². The summed E-state index contributed by atoms with van der Waals surface area (Å²) in [4.78, 5) is 0. The molecule has 0 N–H and O–H groups in total. The van der Waals surface area contributed by atoms with Crippen LogP contribution in [0.4, 0.5) is 0 Å². The van der Waals surface area contributed by atoms with E-state index in [0.29, 0.717) is 0 Å². The molecule has 0 unspecified atom stereocenters. The molecule has 0 atom stereocenters. The molecule has 1 aliphatic heterocycles. The molecule has 1 saturated heterocycles. The van der Waals surface area contributed by atoms with Gasteiger partial charge in [-0.25, -0.2) is 0 Å². The Balaban J connectivity index is 2.12. The van der Waals surface area contributed by atoms with Crippen LogP contribution in [0, 0.1) is 5.92 Å². The van der Waals surface area contributed by atoms with E-state index in [1.54, 1.807) is 5.92 Å². The zero-order valence-electron chi connectivity index (χ0n) is 4.74. The number of hydrogen-bond donors (Lipinski definition) is 0. The van der Waals surface area contributed by atoms with E-state index < -0.39 is 0 Å². The van der Waals surface area contributed by atoms with E-state index in [1.807, 2.05) is 0 Å². The van der Waals surface area contributed by atoms with Crippen molar-refractivity contribution in [1.82, 2.24) is 0 Å². The fourth-order valence-corrected chi connectivity index (χ4v) is 0.720. The zero-order valence-corrected chi connectivity index (χ0v) is 4.74. The normalized spacial score (nSPS) is 22.7. The molecular formula is C6H11O+. The Morgan fingerprint density at radius 1 is 1.29 bits per heavy atom. The van der Waals surface area contributed by atoms with Gasteiger partial charge in [0.25, 0.3) is 0 Å². The second kappa shape index (κ2) is 2.22. The van der Waals surface area contributed by atoms with E-state index in [-0.39, 0.29) is 0 Å². The maximum absolute atomic E-state index is 5.12. The quantitative estimate of drug-likeness (QED) is 0.417. The smallest absolute Gasteiger partial charge is 0.113 e. The first-order valence-electron chi connectivity index (χ1n) is 2.78. The van der Waals surface area contributed by atoms with Gasteiger partial charge in [0.15, 0.2) is 0 Å². The second-order valence-corrected chi connectivity index (χ2v) is 2.07. The van der Waals surface area contributed by atoms with Crippen molar-refractivity contribution in [3.05, 3.63) is 5.92 Å². The van der Waals surface area contributed by atoms with E-state index >= 15 is 0 Å². The highest BCUT2D eigenvalue weighted by molar-refractivity contribution is 4.85. The molecule has 40 valence electrons. The van der Waals surface area contributed by atoms with Gasteiger partial charge in [-0.3, -0.25) is 0 Å². The Morgan fingerprint density at radius 3 is 2.14 bits per heavy atom. The molecule has 0 aromatic heterocycles. The monoisotopic (exact) mass is 99.1 g/mol. The van der Waals surface area contributed by atoms with E-state index in [0.717, 1.165) is 13.2 Å². The summed E-state index contributed by atoms with van der Waals surface area (Å²) in [6, 6.07) is 0. The highest BCUT2D eigenvalue weighted by Gasteiger charge is 2.16. The van der Waals surface area contributed by atoms with Crippen LogP contribution in [-0.4, -0.2) is 13.2 Å². The fourth-order valence-electron chi connectivity index (χ4n) is 0.720. The van der Waals surface area contributed by atoms with E-state index in [4.69, 9.17) is 4.74 Å². The Bertz CT molecular complexity index is 46.1. The average Bonchev–Trinajstić information content (AvgIpc) is 1.69. The number of ether oxygens (including phenoxy) is 1.